The van der Waals surface area contributed by atoms with Crippen molar-refractivity contribution in [3.05, 3.63) is 60.9 Å². The molecule has 0 saturated carbocycles. The molecule has 1 fully saturated rings. The number of hydrogen-bond donors (Lipinski definition) is 1. The highest BCUT2D eigenvalue weighted by Gasteiger charge is 2.29. The molecule has 4 aromatic rings. The predicted octanol–water partition coefficient (Wildman–Crippen LogP) is 6.87. The van der Waals surface area contributed by atoms with Crippen LogP contribution in [0.25, 0.3) is 22.3 Å². The summed E-state index contributed by atoms with van der Waals surface area (Å²) in [6.07, 6.45) is 2.01. The summed E-state index contributed by atoms with van der Waals surface area (Å²) in [5, 5.41) is 13.9. The first-order valence-corrected chi connectivity index (χ1v) is 15.0. The number of fused-ring (bicyclic) bond motifs is 1. The van der Waals surface area contributed by atoms with E-state index in [1.165, 1.54) is 11.1 Å². The van der Waals surface area contributed by atoms with Crippen LogP contribution in [0.4, 0.5) is 25.9 Å². The third kappa shape index (κ3) is 7.71. The van der Waals surface area contributed by atoms with E-state index in [1.54, 1.807) is 56.1 Å². The van der Waals surface area contributed by atoms with Crippen LogP contribution in [0, 0.1) is 0 Å². The quantitative estimate of drug-likeness (QED) is 0.247. The second-order valence-electron chi connectivity index (χ2n) is 12.9. The predicted molar refractivity (Wildman–Crippen MR) is 170 cm³/mol. The zero-order chi connectivity index (χ0) is 33.2. The minimum Gasteiger partial charge on any atom is -0.490 e. The molecule has 0 atom stereocenters. The SMILES string of the molecule is CC(C)(C)OC(=O)N1CCC(Oc2cccc(-c3nccc(N(C(=O)OC(C)(C)C)c4ccc5c(cnn5C(=O)O)c4)n3)c2)CC1. The minimum absolute atomic E-state index is 0.0794. The molecular formula is C33H38N6O7. The molecule has 1 N–H and O–H groups in total. The maximum Gasteiger partial charge on any atom is 0.432 e. The fraction of sp³-hybridized carbons (Fsp3) is 0.394. The summed E-state index contributed by atoms with van der Waals surface area (Å²) in [5.41, 5.74) is 0.113. The number of ether oxygens (including phenoxy) is 3. The summed E-state index contributed by atoms with van der Waals surface area (Å²) >= 11 is 0. The fourth-order valence-corrected chi connectivity index (χ4v) is 4.95. The normalized spacial score (nSPS) is 14.2. The summed E-state index contributed by atoms with van der Waals surface area (Å²) in [7, 11) is 0. The number of nitrogens with zero attached hydrogens (tertiary/aromatic N) is 6. The lowest BCUT2D eigenvalue weighted by Crippen LogP contribution is -2.44. The van der Waals surface area contributed by atoms with E-state index in [2.05, 4.69) is 10.1 Å². The van der Waals surface area contributed by atoms with Crippen LogP contribution in [-0.2, 0) is 9.47 Å². The molecule has 242 valence electrons. The number of rotatable bonds is 5. The first kappa shape index (κ1) is 32.2. The van der Waals surface area contributed by atoms with Gasteiger partial charge >= 0.3 is 18.3 Å². The average molecular weight is 631 g/mol. The van der Waals surface area contributed by atoms with E-state index >= 15 is 0 Å². The summed E-state index contributed by atoms with van der Waals surface area (Å²) in [4.78, 5) is 49.7. The van der Waals surface area contributed by atoms with Gasteiger partial charge in [-0.1, -0.05) is 12.1 Å². The van der Waals surface area contributed by atoms with Crippen LogP contribution in [0.3, 0.4) is 0 Å². The molecule has 13 nitrogen and oxygen atoms in total. The highest BCUT2D eigenvalue weighted by atomic mass is 16.6. The van der Waals surface area contributed by atoms with Crippen molar-refractivity contribution >= 4 is 40.7 Å². The molecule has 2 aromatic carbocycles. The van der Waals surface area contributed by atoms with E-state index in [9.17, 15) is 19.5 Å². The number of hydrogen-bond acceptors (Lipinski definition) is 9. The van der Waals surface area contributed by atoms with Crippen LogP contribution in [-0.4, -0.2) is 78.4 Å². The van der Waals surface area contributed by atoms with Gasteiger partial charge in [0.15, 0.2) is 5.82 Å². The Morgan fingerprint density at radius 1 is 0.935 bits per heavy atom. The van der Waals surface area contributed by atoms with Crippen molar-refractivity contribution in [3.8, 4) is 17.1 Å². The van der Waals surface area contributed by atoms with Crippen molar-refractivity contribution < 1.29 is 33.7 Å². The first-order chi connectivity index (χ1) is 21.7. The number of likely N-dealkylation sites (tertiary alicyclic amines) is 1. The monoisotopic (exact) mass is 630 g/mol. The molecule has 46 heavy (non-hydrogen) atoms. The first-order valence-electron chi connectivity index (χ1n) is 15.0. The van der Waals surface area contributed by atoms with Crippen LogP contribution in [0.15, 0.2) is 60.9 Å². The van der Waals surface area contributed by atoms with Gasteiger partial charge in [0, 0.05) is 43.1 Å². The molecular weight excluding hydrogens is 592 g/mol. The molecule has 0 aliphatic carbocycles. The van der Waals surface area contributed by atoms with Crippen molar-refractivity contribution in [1.29, 1.82) is 0 Å². The Kier molecular flexibility index (Phi) is 8.86. The molecule has 1 saturated heterocycles. The zero-order valence-electron chi connectivity index (χ0n) is 26.8. The lowest BCUT2D eigenvalue weighted by Gasteiger charge is -2.33. The van der Waals surface area contributed by atoms with Gasteiger partial charge in [-0.25, -0.2) is 29.3 Å². The van der Waals surface area contributed by atoms with E-state index in [0.717, 1.165) is 4.68 Å². The van der Waals surface area contributed by atoms with Crippen LogP contribution >= 0.6 is 0 Å². The van der Waals surface area contributed by atoms with E-state index in [1.807, 2.05) is 45.0 Å². The molecule has 1 aliphatic rings. The Morgan fingerprint density at radius 3 is 2.33 bits per heavy atom. The lowest BCUT2D eigenvalue weighted by molar-refractivity contribution is 0.0126. The number of aromatic nitrogens is 4. The maximum absolute atomic E-state index is 13.5. The minimum atomic E-state index is -1.22. The van der Waals surface area contributed by atoms with E-state index in [-0.39, 0.29) is 18.0 Å². The van der Waals surface area contributed by atoms with Gasteiger partial charge in [-0.2, -0.15) is 9.78 Å². The van der Waals surface area contributed by atoms with Gasteiger partial charge in [-0.3, -0.25) is 0 Å². The second-order valence-corrected chi connectivity index (χ2v) is 12.9. The second kappa shape index (κ2) is 12.7. The summed E-state index contributed by atoms with van der Waals surface area (Å²) in [6, 6.07) is 13.8. The van der Waals surface area contributed by atoms with Crippen LogP contribution in [0.5, 0.6) is 5.75 Å². The van der Waals surface area contributed by atoms with Crippen molar-refractivity contribution in [2.75, 3.05) is 18.0 Å². The molecule has 2 aromatic heterocycles. The van der Waals surface area contributed by atoms with Gasteiger partial charge in [0.2, 0.25) is 0 Å². The fourth-order valence-electron chi connectivity index (χ4n) is 4.95. The Hall–Kier alpha value is -5.20. The Labute approximate surface area is 266 Å². The van der Waals surface area contributed by atoms with Crippen LogP contribution < -0.4 is 9.64 Å². The topological polar surface area (TPSA) is 149 Å². The molecule has 13 heteroatoms. The molecule has 0 unspecified atom stereocenters. The zero-order valence-corrected chi connectivity index (χ0v) is 26.8. The van der Waals surface area contributed by atoms with Crippen molar-refractivity contribution in [1.82, 2.24) is 24.6 Å². The molecule has 5 rings (SSSR count). The van der Waals surface area contributed by atoms with Crippen LogP contribution in [0.2, 0.25) is 0 Å². The largest absolute Gasteiger partial charge is 0.490 e. The summed E-state index contributed by atoms with van der Waals surface area (Å²) < 4.78 is 18.3. The molecule has 0 radical (unpaired) electrons. The summed E-state index contributed by atoms with van der Waals surface area (Å²) in [6.45, 7) is 11.9. The van der Waals surface area contributed by atoms with Gasteiger partial charge in [-0.15, -0.1) is 0 Å². The molecule has 0 bridgehead atoms. The van der Waals surface area contributed by atoms with E-state index in [0.29, 0.717) is 59.7 Å². The third-order valence-corrected chi connectivity index (χ3v) is 6.93. The Balaban J connectivity index is 1.38. The highest BCUT2D eigenvalue weighted by Crippen LogP contribution is 2.31. The van der Waals surface area contributed by atoms with Crippen LogP contribution in [0.1, 0.15) is 54.4 Å². The number of amides is 2. The van der Waals surface area contributed by atoms with Gasteiger partial charge in [0.25, 0.3) is 0 Å². The average Bonchev–Trinajstić information content (AvgIpc) is 3.40. The lowest BCUT2D eigenvalue weighted by atomic mass is 10.1. The number of anilines is 2. The number of carbonyl (C=O) groups excluding carboxylic acids is 2. The van der Waals surface area contributed by atoms with Crippen molar-refractivity contribution in [2.24, 2.45) is 0 Å². The standard InChI is InChI=1S/C33H38N6O7/c1-32(2,3)45-30(42)37-16-13-24(14-17-37)44-25-9-7-8-21(19-25)28-34-15-12-27(36-28)38(31(43)46-33(4,5)6)23-10-11-26-22(18-23)20-35-39(26)29(40)41/h7-12,15,18-20,24H,13-14,16-17H2,1-6H3,(H,40,41). The summed E-state index contributed by atoms with van der Waals surface area (Å²) in [5.74, 6) is 1.24. The van der Waals surface area contributed by atoms with Gasteiger partial charge in [-0.05, 0) is 77.9 Å². The maximum atomic E-state index is 13.5. The Bertz CT molecular complexity index is 1750. The van der Waals surface area contributed by atoms with Crippen molar-refractivity contribution in [3.63, 3.8) is 0 Å². The number of benzene rings is 2. The van der Waals surface area contributed by atoms with Gasteiger partial charge in [0.05, 0.1) is 17.4 Å². The molecule has 2 amide bonds. The third-order valence-electron chi connectivity index (χ3n) is 6.93. The van der Waals surface area contributed by atoms with Gasteiger partial charge in [0.1, 0.15) is 28.9 Å². The molecule has 0 spiro atoms. The van der Waals surface area contributed by atoms with Crippen molar-refractivity contribution in [2.45, 2.75) is 71.7 Å². The molecule has 3 heterocycles. The van der Waals surface area contributed by atoms with E-state index in [4.69, 9.17) is 19.2 Å². The highest BCUT2D eigenvalue weighted by molar-refractivity contribution is 5.98. The number of carboxylic acid groups (broad SMARTS) is 1. The number of piperidine rings is 1. The Morgan fingerprint density at radius 2 is 1.65 bits per heavy atom. The smallest absolute Gasteiger partial charge is 0.432 e. The van der Waals surface area contributed by atoms with Gasteiger partial charge < -0.3 is 24.2 Å². The molecule has 1 aliphatic heterocycles. The van der Waals surface area contributed by atoms with E-state index < -0.39 is 23.4 Å². The number of carbonyl (C=O) groups is 3.